The van der Waals surface area contributed by atoms with Crippen molar-refractivity contribution >= 4 is 12.4 Å². The van der Waals surface area contributed by atoms with Crippen LogP contribution in [0.15, 0.2) is 66.9 Å². The maximum atomic E-state index is 13.2. The zero-order chi connectivity index (χ0) is 16.2. The number of nitrogens with zero attached hydrogens (tertiary/aromatic N) is 1. The second kappa shape index (κ2) is 6.44. The zero-order valence-corrected chi connectivity index (χ0v) is 12.7. The quantitative estimate of drug-likeness (QED) is 0.501. The fourth-order valence-corrected chi connectivity index (χ4v) is 2.68. The third-order valence-electron chi connectivity index (χ3n) is 3.83. The first-order valence-corrected chi connectivity index (χ1v) is 7.36. The SMILES string of the molecule is Cc1c(/C=C/C=O)c(-c2ccc(F)cc2)cn1-c1ccccc1. The first kappa shape index (κ1) is 15.0. The van der Waals surface area contributed by atoms with E-state index in [9.17, 15) is 9.18 Å². The third-order valence-corrected chi connectivity index (χ3v) is 3.83. The van der Waals surface area contributed by atoms with E-state index < -0.39 is 0 Å². The maximum Gasteiger partial charge on any atom is 0.142 e. The van der Waals surface area contributed by atoms with Crippen molar-refractivity contribution in [3.63, 3.8) is 0 Å². The Morgan fingerprint density at radius 3 is 2.35 bits per heavy atom. The summed E-state index contributed by atoms with van der Waals surface area (Å²) in [5.41, 5.74) is 4.89. The van der Waals surface area contributed by atoms with Crippen LogP contribution in [0.1, 0.15) is 11.3 Å². The van der Waals surface area contributed by atoms with E-state index in [2.05, 4.69) is 4.57 Å². The van der Waals surface area contributed by atoms with Gasteiger partial charge >= 0.3 is 0 Å². The van der Waals surface area contributed by atoms with Gasteiger partial charge in [-0.1, -0.05) is 30.3 Å². The molecule has 0 atom stereocenters. The smallest absolute Gasteiger partial charge is 0.142 e. The summed E-state index contributed by atoms with van der Waals surface area (Å²) in [6.07, 6.45) is 6.04. The van der Waals surface area contributed by atoms with Crippen molar-refractivity contribution in [2.45, 2.75) is 6.92 Å². The van der Waals surface area contributed by atoms with Crippen molar-refractivity contribution in [2.24, 2.45) is 0 Å². The number of benzene rings is 2. The standard InChI is InChI=1S/C20H16FNO/c1-15-19(8-5-13-23)20(16-9-11-17(21)12-10-16)14-22(15)18-6-3-2-4-7-18/h2-14H,1H3/b8-5+. The number of aldehydes is 1. The minimum Gasteiger partial charge on any atom is -0.320 e. The summed E-state index contributed by atoms with van der Waals surface area (Å²) in [4.78, 5) is 10.7. The van der Waals surface area contributed by atoms with E-state index in [0.29, 0.717) is 0 Å². The monoisotopic (exact) mass is 305 g/mol. The summed E-state index contributed by atoms with van der Waals surface area (Å²) < 4.78 is 15.3. The van der Waals surface area contributed by atoms with Crippen LogP contribution in [0.5, 0.6) is 0 Å². The Labute approximate surface area is 134 Å². The summed E-state index contributed by atoms with van der Waals surface area (Å²) >= 11 is 0. The van der Waals surface area contributed by atoms with Crippen molar-refractivity contribution in [1.82, 2.24) is 4.57 Å². The second-order valence-corrected chi connectivity index (χ2v) is 5.25. The van der Waals surface area contributed by atoms with Gasteiger partial charge in [0.1, 0.15) is 12.1 Å². The number of hydrogen-bond acceptors (Lipinski definition) is 1. The third kappa shape index (κ3) is 2.99. The second-order valence-electron chi connectivity index (χ2n) is 5.25. The summed E-state index contributed by atoms with van der Waals surface area (Å²) in [6, 6.07) is 16.4. The number of rotatable bonds is 4. The Hall–Kier alpha value is -2.94. The minimum absolute atomic E-state index is 0.266. The van der Waals surface area contributed by atoms with Crippen molar-refractivity contribution in [2.75, 3.05) is 0 Å². The van der Waals surface area contributed by atoms with Gasteiger partial charge in [0.25, 0.3) is 0 Å². The molecule has 0 saturated heterocycles. The Morgan fingerprint density at radius 2 is 1.70 bits per heavy atom. The first-order valence-electron chi connectivity index (χ1n) is 7.36. The molecule has 0 aliphatic heterocycles. The summed E-state index contributed by atoms with van der Waals surface area (Å²) in [7, 11) is 0. The molecule has 1 aromatic heterocycles. The number of carbonyl (C=O) groups excluding carboxylic acids is 1. The Kier molecular flexibility index (Phi) is 4.20. The highest BCUT2D eigenvalue weighted by atomic mass is 19.1. The number of halogens is 1. The number of allylic oxidation sites excluding steroid dienone is 1. The molecule has 0 amide bonds. The largest absolute Gasteiger partial charge is 0.320 e. The molecule has 0 saturated carbocycles. The molecule has 0 aliphatic rings. The molecule has 3 heteroatoms. The van der Waals surface area contributed by atoms with Gasteiger partial charge in [-0.3, -0.25) is 4.79 Å². The molecule has 0 aliphatic carbocycles. The van der Waals surface area contributed by atoms with Gasteiger partial charge in [0, 0.05) is 28.7 Å². The molecule has 1 heterocycles. The van der Waals surface area contributed by atoms with E-state index in [1.165, 1.54) is 18.2 Å². The van der Waals surface area contributed by atoms with Crippen LogP contribution in [0, 0.1) is 12.7 Å². The molecular weight excluding hydrogens is 289 g/mol. The molecule has 0 bridgehead atoms. The number of aromatic nitrogens is 1. The van der Waals surface area contributed by atoms with Crippen LogP contribution in [0.3, 0.4) is 0 Å². The van der Waals surface area contributed by atoms with Gasteiger partial charge in [-0.05, 0) is 48.9 Å². The lowest BCUT2D eigenvalue weighted by atomic mass is 10.0. The lowest BCUT2D eigenvalue weighted by Gasteiger charge is -2.05. The Morgan fingerprint density at radius 1 is 1.00 bits per heavy atom. The summed E-state index contributed by atoms with van der Waals surface area (Å²) in [6.45, 7) is 2.00. The molecule has 0 fully saturated rings. The van der Waals surface area contributed by atoms with E-state index in [0.717, 1.165) is 34.4 Å². The molecule has 0 radical (unpaired) electrons. The van der Waals surface area contributed by atoms with E-state index in [4.69, 9.17) is 0 Å². The van der Waals surface area contributed by atoms with Gasteiger partial charge in [-0.15, -0.1) is 0 Å². The van der Waals surface area contributed by atoms with Crippen molar-refractivity contribution < 1.29 is 9.18 Å². The average molecular weight is 305 g/mol. The predicted octanol–water partition coefficient (Wildman–Crippen LogP) is 4.80. The summed E-state index contributed by atoms with van der Waals surface area (Å²) in [5.74, 6) is -0.266. The average Bonchev–Trinajstić information content (AvgIpc) is 2.91. The van der Waals surface area contributed by atoms with Crippen LogP contribution in [-0.2, 0) is 4.79 Å². The number of carbonyl (C=O) groups is 1. The van der Waals surface area contributed by atoms with E-state index >= 15 is 0 Å². The number of para-hydroxylation sites is 1. The molecule has 0 unspecified atom stereocenters. The van der Waals surface area contributed by atoms with Crippen LogP contribution in [0.25, 0.3) is 22.9 Å². The molecule has 114 valence electrons. The molecule has 0 N–H and O–H groups in total. The minimum atomic E-state index is -0.266. The van der Waals surface area contributed by atoms with Crippen LogP contribution < -0.4 is 0 Å². The predicted molar refractivity (Wildman–Crippen MR) is 91.0 cm³/mol. The van der Waals surface area contributed by atoms with E-state index in [1.807, 2.05) is 43.5 Å². The highest BCUT2D eigenvalue weighted by Gasteiger charge is 2.13. The highest BCUT2D eigenvalue weighted by Crippen LogP contribution is 2.31. The lowest BCUT2D eigenvalue weighted by Crippen LogP contribution is -1.94. The lowest BCUT2D eigenvalue weighted by molar-refractivity contribution is -0.104. The van der Waals surface area contributed by atoms with Gasteiger partial charge in [0.05, 0.1) is 0 Å². The fraction of sp³-hybridized carbons (Fsp3) is 0.0500. The summed E-state index contributed by atoms with van der Waals surface area (Å²) in [5, 5.41) is 0. The molecule has 2 aromatic carbocycles. The molecule has 3 rings (SSSR count). The molecular formula is C20H16FNO. The first-order chi connectivity index (χ1) is 11.2. The molecule has 0 spiro atoms. The van der Waals surface area contributed by atoms with Gasteiger partial charge < -0.3 is 4.57 Å². The molecule has 3 aromatic rings. The Balaban J connectivity index is 2.20. The van der Waals surface area contributed by atoms with Crippen LogP contribution in [0.4, 0.5) is 4.39 Å². The highest BCUT2D eigenvalue weighted by molar-refractivity contribution is 5.82. The van der Waals surface area contributed by atoms with Crippen LogP contribution in [0.2, 0.25) is 0 Å². The maximum absolute atomic E-state index is 13.2. The van der Waals surface area contributed by atoms with Crippen molar-refractivity contribution in [3.05, 3.63) is 83.9 Å². The molecule has 23 heavy (non-hydrogen) atoms. The van der Waals surface area contributed by atoms with Gasteiger partial charge in [-0.2, -0.15) is 0 Å². The van der Waals surface area contributed by atoms with E-state index in [-0.39, 0.29) is 5.82 Å². The van der Waals surface area contributed by atoms with Crippen LogP contribution >= 0.6 is 0 Å². The van der Waals surface area contributed by atoms with Crippen molar-refractivity contribution in [1.29, 1.82) is 0 Å². The zero-order valence-electron chi connectivity index (χ0n) is 12.7. The van der Waals surface area contributed by atoms with E-state index in [1.54, 1.807) is 18.2 Å². The number of hydrogen-bond donors (Lipinski definition) is 0. The topological polar surface area (TPSA) is 22.0 Å². The van der Waals surface area contributed by atoms with Crippen LogP contribution in [-0.4, -0.2) is 10.9 Å². The van der Waals surface area contributed by atoms with Gasteiger partial charge in [-0.25, -0.2) is 4.39 Å². The van der Waals surface area contributed by atoms with Crippen molar-refractivity contribution in [3.8, 4) is 16.8 Å². The normalized spacial score (nSPS) is 11.0. The Bertz CT molecular complexity index is 845. The fourth-order valence-electron chi connectivity index (χ4n) is 2.68. The molecule has 2 nitrogen and oxygen atoms in total. The van der Waals surface area contributed by atoms with Gasteiger partial charge in [0.2, 0.25) is 0 Å². The van der Waals surface area contributed by atoms with Gasteiger partial charge in [0.15, 0.2) is 0 Å².